The summed E-state index contributed by atoms with van der Waals surface area (Å²) in [6, 6.07) is 9.78. The van der Waals surface area contributed by atoms with Crippen LogP contribution in [-0.4, -0.2) is 61.1 Å². The lowest BCUT2D eigenvalue weighted by molar-refractivity contribution is -0.137. The highest BCUT2D eigenvalue weighted by Gasteiger charge is 2.34. The van der Waals surface area contributed by atoms with Gasteiger partial charge >= 0.3 is 6.18 Å². The first-order chi connectivity index (χ1) is 17.3. The molecule has 1 amide bonds. The number of halogens is 3. The molecule has 12 heteroatoms. The average molecular weight is 504 g/mol. The van der Waals surface area contributed by atoms with Gasteiger partial charge in [0, 0.05) is 37.3 Å². The van der Waals surface area contributed by atoms with Crippen LogP contribution < -0.4 is 25.6 Å². The third-order valence-corrected chi connectivity index (χ3v) is 5.60. The van der Waals surface area contributed by atoms with Gasteiger partial charge in [0.25, 0.3) is 5.91 Å². The lowest BCUT2D eigenvalue weighted by Crippen LogP contribution is -2.38. The van der Waals surface area contributed by atoms with E-state index in [9.17, 15) is 18.0 Å². The Balaban J connectivity index is 1.66. The van der Waals surface area contributed by atoms with E-state index in [1.807, 2.05) is 12.1 Å². The van der Waals surface area contributed by atoms with Gasteiger partial charge < -0.3 is 30.3 Å². The second kappa shape index (κ2) is 10.7. The van der Waals surface area contributed by atoms with E-state index in [2.05, 4.69) is 35.6 Å². The molecule has 4 rings (SSSR count). The molecule has 0 radical (unpaired) electrons. The lowest BCUT2D eigenvalue weighted by atomic mass is 10.2. The van der Waals surface area contributed by atoms with Crippen LogP contribution in [0.4, 0.5) is 41.7 Å². The molecule has 0 atom stereocenters. The van der Waals surface area contributed by atoms with Crippen LogP contribution in [-0.2, 0) is 6.18 Å². The van der Waals surface area contributed by atoms with Crippen LogP contribution in [0.3, 0.4) is 0 Å². The topological polar surface area (TPSA) is 104 Å². The van der Waals surface area contributed by atoms with E-state index in [-0.39, 0.29) is 22.9 Å². The number of nitrogens with one attached hydrogen (secondary N) is 3. The van der Waals surface area contributed by atoms with Gasteiger partial charge in [0.2, 0.25) is 0 Å². The third-order valence-electron chi connectivity index (χ3n) is 5.60. The minimum atomic E-state index is -4.68. The Labute approximate surface area is 205 Å². The minimum Gasteiger partial charge on any atom is -0.494 e. The molecule has 1 fully saturated rings. The first-order valence-electron chi connectivity index (χ1n) is 11.1. The van der Waals surface area contributed by atoms with E-state index in [4.69, 9.17) is 4.74 Å². The van der Waals surface area contributed by atoms with E-state index in [1.165, 1.54) is 38.6 Å². The van der Waals surface area contributed by atoms with Crippen LogP contribution in [0.2, 0.25) is 0 Å². The number of morpholine rings is 1. The van der Waals surface area contributed by atoms with E-state index in [0.29, 0.717) is 11.4 Å². The van der Waals surface area contributed by atoms with Crippen LogP contribution in [0.5, 0.6) is 5.75 Å². The fourth-order valence-corrected chi connectivity index (χ4v) is 3.79. The number of ether oxygens (including phenoxy) is 2. The van der Waals surface area contributed by atoms with Crippen molar-refractivity contribution in [3.05, 3.63) is 60.0 Å². The highest BCUT2D eigenvalue weighted by atomic mass is 19.4. The predicted molar refractivity (Wildman–Crippen MR) is 131 cm³/mol. The molecular weight excluding hydrogens is 477 g/mol. The zero-order valence-electron chi connectivity index (χ0n) is 19.7. The van der Waals surface area contributed by atoms with Crippen molar-refractivity contribution in [1.29, 1.82) is 0 Å². The van der Waals surface area contributed by atoms with Gasteiger partial charge in [-0.2, -0.15) is 13.2 Å². The Kier molecular flexibility index (Phi) is 7.44. The highest BCUT2D eigenvalue weighted by molar-refractivity contribution is 5.98. The monoisotopic (exact) mass is 503 g/mol. The summed E-state index contributed by atoms with van der Waals surface area (Å²) in [6.07, 6.45) is -2.56. The fraction of sp³-hybridized carbons (Fsp3) is 0.292. The first kappa shape index (κ1) is 25.0. The zero-order valence-corrected chi connectivity index (χ0v) is 19.7. The number of rotatable bonds is 7. The summed E-state index contributed by atoms with van der Waals surface area (Å²) in [7, 11) is 2.93. The van der Waals surface area contributed by atoms with Gasteiger partial charge in [0.1, 0.15) is 11.6 Å². The number of anilines is 5. The maximum Gasteiger partial charge on any atom is 0.419 e. The fourth-order valence-electron chi connectivity index (χ4n) is 3.79. The molecule has 9 nitrogen and oxygen atoms in total. The van der Waals surface area contributed by atoms with Crippen molar-refractivity contribution < 1.29 is 27.4 Å². The minimum absolute atomic E-state index is 0.0396. The first-order valence-corrected chi connectivity index (χ1v) is 11.1. The smallest absolute Gasteiger partial charge is 0.419 e. The van der Waals surface area contributed by atoms with Crippen LogP contribution in [0, 0.1) is 0 Å². The molecule has 1 aromatic carbocycles. The zero-order chi connectivity index (χ0) is 25.7. The summed E-state index contributed by atoms with van der Waals surface area (Å²) in [4.78, 5) is 22.3. The molecule has 3 heterocycles. The quantitative estimate of drug-likeness (QED) is 0.423. The number of carbonyl (C=O) groups is 1. The number of methoxy groups -OCH3 is 1. The Morgan fingerprint density at radius 2 is 1.83 bits per heavy atom. The van der Waals surface area contributed by atoms with Crippen LogP contribution in [0.15, 0.2) is 48.8 Å². The molecule has 36 heavy (non-hydrogen) atoms. The van der Waals surface area contributed by atoms with Gasteiger partial charge in [-0.1, -0.05) is 0 Å². The maximum absolute atomic E-state index is 13.7. The Morgan fingerprint density at radius 1 is 1.06 bits per heavy atom. The van der Waals surface area contributed by atoms with Crippen molar-refractivity contribution in [2.75, 3.05) is 56.0 Å². The number of hydrogen-bond acceptors (Lipinski definition) is 7. The number of alkyl halides is 3. The van der Waals surface area contributed by atoms with Gasteiger partial charge in [-0.25, -0.2) is 9.97 Å². The van der Waals surface area contributed by atoms with Crippen LogP contribution in [0.25, 0.3) is 0 Å². The second-order valence-corrected chi connectivity index (χ2v) is 7.88. The van der Waals surface area contributed by atoms with E-state index in [1.54, 1.807) is 6.07 Å². The number of aromatic nitrogens is 2. The van der Waals surface area contributed by atoms with Crippen molar-refractivity contribution in [1.82, 2.24) is 15.3 Å². The lowest BCUT2D eigenvalue weighted by Gasteiger charge is -2.27. The van der Waals surface area contributed by atoms with Gasteiger partial charge in [0.15, 0.2) is 18.9 Å². The summed E-state index contributed by atoms with van der Waals surface area (Å²) in [6.45, 7) is 3.12. The summed E-state index contributed by atoms with van der Waals surface area (Å²) < 4.78 is 51.1. The van der Waals surface area contributed by atoms with Gasteiger partial charge in [-0.15, -0.1) is 0 Å². The van der Waals surface area contributed by atoms with Crippen molar-refractivity contribution in [2.45, 2.75) is 6.18 Å². The summed E-state index contributed by atoms with van der Waals surface area (Å²) in [5.74, 6) is 0.130. The second-order valence-electron chi connectivity index (χ2n) is 7.88. The van der Waals surface area contributed by atoms with E-state index in [0.717, 1.165) is 38.2 Å². The Hall–Kier alpha value is -4.06. The summed E-state index contributed by atoms with van der Waals surface area (Å²) in [5, 5.41) is 8.16. The molecular formula is C24H26F3N6O3+. The molecule has 0 bridgehead atoms. The van der Waals surface area contributed by atoms with Crippen molar-refractivity contribution >= 4 is 34.5 Å². The maximum atomic E-state index is 13.7. The highest BCUT2D eigenvalue weighted by Crippen LogP contribution is 2.38. The molecule has 1 aliphatic heterocycles. The van der Waals surface area contributed by atoms with Crippen LogP contribution >= 0.6 is 0 Å². The molecule has 4 N–H and O–H groups in total. The van der Waals surface area contributed by atoms with Crippen LogP contribution in [0.1, 0.15) is 16.1 Å². The molecule has 190 valence electrons. The molecule has 1 saturated heterocycles. The summed E-state index contributed by atoms with van der Waals surface area (Å²) in [5.41, 5.74) is 0.308. The number of pyridine rings is 2. The number of aliphatic hydroxyl groups is 2. The van der Waals surface area contributed by atoms with Crippen molar-refractivity contribution in [3.63, 3.8) is 0 Å². The molecule has 0 saturated carbocycles. The van der Waals surface area contributed by atoms with Crippen molar-refractivity contribution in [3.8, 4) is 5.75 Å². The normalized spacial score (nSPS) is 13.8. The SMILES string of the molecule is CNC(=O)c1ncccc1Nc1cc(Nc2ccc(N3CC[OH+]CC3)cc2OC)ncc1C(F)(F)F. The summed E-state index contributed by atoms with van der Waals surface area (Å²) >= 11 is 0. The van der Waals surface area contributed by atoms with E-state index >= 15 is 0 Å². The molecule has 0 aliphatic carbocycles. The Bertz CT molecular complexity index is 1230. The molecule has 2 aromatic heterocycles. The van der Waals surface area contributed by atoms with Crippen molar-refractivity contribution in [2.24, 2.45) is 0 Å². The van der Waals surface area contributed by atoms with Gasteiger partial charge in [0.05, 0.1) is 42.8 Å². The molecule has 0 unspecified atom stereocenters. The third kappa shape index (κ3) is 5.60. The van der Waals surface area contributed by atoms with Gasteiger partial charge in [-0.3, -0.25) is 4.79 Å². The number of hydrogen-bond donors (Lipinski definition) is 3. The number of amides is 1. The predicted octanol–water partition coefficient (Wildman–Crippen LogP) is 3.70. The molecule has 0 spiro atoms. The molecule has 1 aliphatic rings. The number of nitrogens with zero attached hydrogens (tertiary/aromatic N) is 3. The standard InChI is InChI=1S/C24H25F3N6O3/c1-28-23(34)22-18(4-3-7-29-22)31-19-13-21(30-14-16(19)24(25,26)27)32-17-6-5-15(12-20(17)35-2)33-8-10-36-11-9-33/h3-7,12-14H,8-11H2,1-2H3,(H,28,34)(H2,30,31,32)/p+1. The number of carbonyl (C=O) groups excluding carboxylic acids is 1. The molecule has 3 aromatic rings. The largest absolute Gasteiger partial charge is 0.494 e. The average Bonchev–Trinajstić information content (AvgIpc) is 2.88. The van der Waals surface area contributed by atoms with E-state index < -0.39 is 17.6 Å². The number of benzene rings is 1. The Morgan fingerprint density at radius 3 is 2.53 bits per heavy atom. The van der Waals surface area contributed by atoms with Gasteiger partial charge in [-0.05, 0) is 24.3 Å².